The summed E-state index contributed by atoms with van der Waals surface area (Å²) in [6.07, 6.45) is 1.01. The Labute approximate surface area is 88.3 Å². The number of fused-ring (bicyclic) bond motifs is 3. The minimum absolute atomic E-state index is 0.168. The zero-order valence-corrected chi connectivity index (χ0v) is 8.93. The highest BCUT2D eigenvalue weighted by Gasteiger charge is 2.53. The van der Waals surface area contributed by atoms with E-state index < -0.39 is 0 Å². The summed E-state index contributed by atoms with van der Waals surface area (Å²) in [7, 11) is 0. The van der Waals surface area contributed by atoms with Crippen molar-refractivity contribution in [2.75, 3.05) is 0 Å². The number of benzene rings is 1. The second kappa shape index (κ2) is 2.81. The van der Waals surface area contributed by atoms with Gasteiger partial charge in [-0.05, 0) is 53.4 Å². The van der Waals surface area contributed by atoms with Gasteiger partial charge in [-0.15, -0.1) is 0 Å². The van der Waals surface area contributed by atoms with Crippen LogP contribution < -0.4 is 0 Å². The van der Waals surface area contributed by atoms with Crippen LogP contribution in [0, 0.1) is 23.5 Å². The van der Waals surface area contributed by atoms with E-state index >= 15 is 0 Å². The SMILES string of the molecule is CC1CC2C(C)C2c2c(F)ccc(F)c21. The molecule has 4 atom stereocenters. The van der Waals surface area contributed by atoms with Gasteiger partial charge in [0.1, 0.15) is 11.6 Å². The Morgan fingerprint density at radius 1 is 1.07 bits per heavy atom. The number of rotatable bonds is 0. The molecule has 2 aliphatic rings. The van der Waals surface area contributed by atoms with Gasteiger partial charge in [-0.3, -0.25) is 0 Å². The molecule has 80 valence electrons. The molecule has 2 aliphatic carbocycles. The predicted molar refractivity (Wildman–Crippen MR) is 54.8 cm³/mol. The third-order valence-corrected chi connectivity index (χ3v) is 4.19. The second-order valence-corrected chi connectivity index (χ2v) is 5.04. The molecule has 0 aromatic heterocycles. The van der Waals surface area contributed by atoms with Crippen LogP contribution in [0.15, 0.2) is 12.1 Å². The summed E-state index contributed by atoms with van der Waals surface area (Å²) in [6, 6.07) is 2.53. The molecule has 0 spiro atoms. The van der Waals surface area contributed by atoms with Gasteiger partial charge in [0.15, 0.2) is 0 Å². The number of hydrogen-bond donors (Lipinski definition) is 0. The van der Waals surface area contributed by atoms with Crippen molar-refractivity contribution in [3.63, 3.8) is 0 Å². The molecule has 0 bridgehead atoms. The van der Waals surface area contributed by atoms with Gasteiger partial charge in [-0.1, -0.05) is 13.8 Å². The van der Waals surface area contributed by atoms with Crippen molar-refractivity contribution in [1.29, 1.82) is 0 Å². The third kappa shape index (κ3) is 1.11. The molecule has 0 saturated heterocycles. The van der Waals surface area contributed by atoms with Gasteiger partial charge in [-0.25, -0.2) is 8.78 Å². The summed E-state index contributed by atoms with van der Waals surface area (Å²) in [5.41, 5.74) is 1.31. The van der Waals surface area contributed by atoms with E-state index in [1.54, 1.807) is 0 Å². The van der Waals surface area contributed by atoms with Crippen LogP contribution in [0.3, 0.4) is 0 Å². The lowest BCUT2D eigenvalue weighted by Gasteiger charge is -2.22. The zero-order valence-electron chi connectivity index (χ0n) is 8.93. The molecule has 4 unspecified atom stereocenters. The average molecular weight is 208 g/mol. The fraction of sp³-hybridized carbons (Fsp3) is 0.538. The van der Waals surface area contributed by atoms with E-state index in [0.29, 0.717) is 23.0 Å². The van der Waals surface area contributed by atoms with Gasteiger partial charge < -0.3 is 0 Å². The Hall–Kier alpha value is -0.920. The fourth-order valence-electron chi connectivity index (χ4n) is 3.33. The Balaban J connectivity index is 2.22. The van der Waals surface area contributed by atoms with E-state index in [1.165, 1.54) is 12.1 Å². The van der Waals surface area contributed by atoms with Crippen LogP contribution in [-0.2, 0) is 0 Å². The van der Waals surface area contributed by atoms with Gasteiger partial charge in [0, 0.05) is 0 Å². The van der Waals surface area contributed by atoms with Crippen LogP contribution in [-0.4, -0.2) is 0 Å². The molecule has 0 N–H and O–H groups in total. The van der Waals surface area contributed by atoms with Crippen LogP contribution in [0.1, 0.15) is 43.2 Å². The first-order valence-corrected chi connectivity index (χ1v) is 5.59. The maximum atomic E-state index is 13.7. The third-order valence-electron chi connectivity index (χ3n) is 4.19. The first kappa shape index (κ1) is 9.32. The first-order chi connectivity index (χ1) is 7.11. The van der Waals surface area contributed by atoms with Crippen LogP contribution in [0.25, 0.3) is 0 Å². The van der Waals surface area contributed by atoms with Crippen molar-refractivity contribution in [3.05, 3.63) is 34.9 Å². The molecule has 0 nitrogen and oxygen atoms in total. The largest absolute Gasteiger partial charge is 0.207 e. The summed E-state index contributed by atoms with van der Waals surface area (Å²) < 4.78 is 27.4. The molecule has 3 rings (SSSR count). The Morgan fingerprint density at radius 2 is 1.67 bits per heavy atom. The van der Waals surface area contributed by atoms with E-state index in [2.05, 4.69) is 6.92 Å². The van der Waals surface area contributed by atoms with Crippen molar-refractivity contribution in [1.82, 2.24) is 0 Å². The Morgan fingerprint density at radius 3 is 2.33 bits per heavy atom. The minimum atomic E-state index is -0.226. The van der Waals surface area contributed by atoms with E-state index in [9.17, 15) is 8.78 Å². The summed E-state index contributed by atoms with van der Waals surface area (Å²) >= 11 is 0. The molecule has 1 aromatic carbocycles. The molecule has 1 fully saturated rings. The highest BCUT2D eigenvalue weighted by molar-refractivity contribution is 5.43. The number of halogens is 2. The van der Waals surface area contributed by atoms with Gasteiger partial charge in [0.05, 0.1) is 0 Å². The summed E-state index contributed by atoms with van der Waals surface area (Å²) in [5.74, 6) is 1.14. The van der Waals surface area contributed by atoms with Crippen molar-refractivity contribution in [2.24, 2.45) is 11.8 Å². The van der Waals surface area contributed by atoms with Crippen molar-refractivity contribution < 1.29 is 8.78 Å². The molecule has 0 heterocycles. The standard InChI is InChI=1S/C13H14F2/c1-6-5-8-7(2)12(8)13-10(15)4-3-9(14)11(6)13/h3-4,6-8,12H,5H2,1-2H3. The van der Waals surface area contributed by atoms with E-state index in [4.69, 9.17) is 0 Å². The van der Waals surface area contributed by atoms with Crippen LogP contribution in [0.2, 0.25) is 0 Å². The maximum Gasteiger partial charge on any atom is 0.127 e. The number of hydrogen-bond acceptors (Lipinski definition) is 0. The van der Waals surface area contributed by atoms with Gasteiger partial charge in [0.2, 0.25) is 0 Å². The molecule has 2 heteroatoms. The smallest absolute Gasteiger partial charge is 0.127 e. The lowest BCUT2D eigenvalue weighted by Crippen LogP contribution is -2.10. The zero-order chi connectivity index (χ0) is 10.7. The van der Waals surface area contributed by atoms with Gasteiger partial charge in [-0.2, -0.15) is 0 Å². The fourth-order valence-corrected chi connectivity index (χ4v) is 3.33. The lowest BCUT2D eigenvalue weighted by atomic mass is 9.83. The van der Waals surface area contributed by atoms with E-state index in [1.807, 2.05) is 6.92 Å². The molecule has 0 aliphatic heterocycles. The molecular formula is C13H14F2. The predicted octanol–water partition coefficient (Wildman–Crippen LogP) is 3.82. The van der Waals surface area contributed by atoms with Crippen LogP contribution >= 0.6 is 0 Å². The Kier molecular flexibility index (Phi) is 1.74. The van der Waals surface area contributed by atoms with Crippen LogP contribution in [0.5, 0.6) is 0 Å². The van der Waals surface area contributed by atoms with Gasteiger partial charge in [0.25, 0.3) is 0 Å². The first-order valence-electron chi connectivity index (χ1n) is 5.59. The molecule has 0 radical (unpaired) electrons. The molecule has 0 amide bonds. The van der Waals surface area contributed by atoms with Crippen molar-refractivity contribution in [2.45, 2.75) is 32.1 Å². The molecule has 15 heavy (non-hydrogen) atoms. The summed E-state index contributed by atoms with van der Waals surface area (Å²) in [6.45, 7) is 4.14. The minimum Gasteiger partial charge on any atom is -0.207 e. The summed E-state index contributed by atoms with van der Waals surface area (Å²) in [5, 5.41) is 0. The molecular weight excluding hydrogens is 194 g/mol. The van der Waals surface area contributed by atoms with Crippen molar-refractivity contribution >= 4 is 0 Å². The topological polar surface area (TPSA) is 0 Å². The quantitative estimate of drug-likeness (QED) is 0.608. The van der Waals surface area contributed by atoms with Crippen LogP contribution in [0.4, 0.5) is 8.78 Å². The van der Waals surface area contributed by atoms with Crippen molar-refractivity contribution in [3.8, 4) is 0 Å². The Bertz CT molecular complexity index is 425. The lowest BCUT2D eigenvalue weighted by molar-refractivity contribution is 0.497. The maximum absolute atomic E-state index is 13.7. The molecule has 1 saturated carbocycles. The average Bonchev–Trinajstić information content (AvgIpc) is 2.82. The summed E-state index contributed by atoms with van der Waals surface area (Å²) in [4.78, 5) is 0. The highest BCUT2D eigenvalue weighted by atomic mass is 19.1. The highest BCUT2D eigenvalue weighted by Crippen LogP contribution is 2.63. The monoisotopic (exact) mass is 208 g/mol. The molecule has 1 aromatic rings. The van der Waals surface area contributed by atoms with E-state index in [0.717, 1.165) is 6.42 Å². The van der Waals surface area contributed by atoms with E-state index in [-0.39, 0.29) is 23.5 Å². The second-order valence-electron chi connectivity index (χ2n) is 5.04. The normalized spacial score (nSPS) is 37.1. The van der Waals surface area contributed by atoms with Gasteiger partial charge >= 0.3 is 0 Å².